The molecule has 0 aromatic heterocycles. The summed E-state index contributed by atoms with van der Waals surface area (Å²) in [6.45, 7) is 5.60. The van der Waals surface area contributed by atoms with E-state index in [1.807, 2.05) is 12.2 Å². The monoisotopic (exact) mass is 967 g/mol. The molecule has 3 N–H and O–H groups in total. The van der Waals surface area contributed by atoms with Crippen LogP contribution in [0.25, 0.3) is 0 Å². The summed E-state index contributed by atoms with van der Waals surface area (Å²) in [4.78, 5) is 50.8. The average molecular weight is 967 g/mol. The molecule has 0 aromatic rings. The Balaban J connectivity index is 2.82. The van der Waals surface area contributed by atoms with Crippen molar-refractivity contribution < 1.29 is 58.2 Å². The molecule has 0 amide bonds. The molecule has 390 valence electrons. The average Bonchev–Trinajstić information content (AvgIpc) is 3.33. The van der Waals surface area contributed by atoms with Gasteiger partial charge in [-0.15, -0.1) is 0 Å². The lowest BCUT2D eigenvalue weighted by Gasteiger charge is -2.40. The van der Waals surface area contributed by atoms with Crippen LogP contribution < -0.4 is 0 Å². The minimum absolute atomic E-state index is 0.0245. The van der Waals surface area contributed by atoms with Crippen LogP contribution in [0.15, 0.2) is 97.2 Å². The Morgan fingerprint density at radius 2 is 0.957 bits per heavy atom. The van der Waals surface area contributed by atoms with Crippen molar-refractivity contribution in [3.05, 3.63) is 97.2 Å². The van der Waals surface area contributed by atoms with Crippen molar-refractivity contribution in [3.8, 4) is 0 Å². The Kier molecular flexibility index (Phi) is 40.7. The molecule has 0 radical (unpaired) electrons. The Hall–Kier alpha value is -4.36. The van der Waals surface area contributed by atoms with Gasteiger partial charge in [0.1, 0.15) is 18.8 Å². The van der Waals surface area contributed by atoms with Crippen molar-refractivity contribution in [3.63, 3.8) is 0 Å². The second-order valence-electron chi connectivity index (χ2n) is 17.4. The topological polar surface area (TPSA) is 175 Å². The normalized spacial score (nSPS) is 19.5. The molecular formula is C57H90O12. The van der Waals surface area contributed by atoms with E-state index < -0.39 is 67.3 Å². The minimum atomic E-state index is -1.92. The number of ether oxygens (including phenoxy) is 5. The molecule has 0 aliphatic carbocycles. The lowest BCUT2D eigenvalue weighted by atomic mass is 9.98. The van der Waals surface area contributed by atoms with Gasteiger partial charge < -0.3 is 39.0 Å². The molecule has 12 heteroatoms. The third kappa shape index (κ3) is 35.4. The first-order valence-corrected chi connectivity index (χ1v) is 26.2. The van der Waals surface area contributed by atoms with E-state index in [9.17, 15) is 34.5 Å². The number of aliphatic hydroxyl groups excluding tert-OH is 2. The van der Waals surface area contributed by atoms with E-state index in [1.54, 1.807) is 6.08 Å². The standard InChI is InChI=1S/C57H90O12/c1-4-7-10-13-16-19-22-24-25-27-29-31-34-37-40-43-49(58)65-46-48(67-50(59)44-41-38-35-33-30-26-23-20-17-14-11-8-5-2)47-66-57-55(53(62)52(61)54(69-57)56(63)64)68-51(60)45-42-39-36-32-28-21-18-15-12-9-6-3/h7-8,10-11,16-17,19-20,24-26,29-31,37,40,48,52-55,57,61-62H,4-6,9,12-15,18,21-23,27-28,32-36,38-39,41-47H2,1-3H3,(H,63,64)/b10-7-,11-8-,19-16-,20-17-,25-24-,30-26-,31-29-,40-37-. The van der Waals surface area contributed by atoms with Crippen molar-refractivity contribution in [1.29, 1.82) is 0 Å². The molecule has 69 heavy (non-hydrogen) atoms. The first-order valence-electron chi connectivity index (χ1n) is 26.2. The molecule has 0 aromatic carbocycles. The fourth-order valence-electron chi connectivity index (χ4n) is 7.22. The number of aliphatic carboxylic acids is 1. The third-order valence-corrected chi connectivity index (χ3v) is 11.2. The van der Waals surface area contributed by atoms with Gasteiger partial charge in [-0.05, 0) is 77.0 Å². The SMILES string of the molecule is CC/C=C\C/C=C\C/C=C\C/C=C\C/C=C\CC(=O)OCC(COC1OC(C(=O)O)C(O)C(O)C1OC(=O)CCCCCCCCCCCCC)OC(=O)CCCCC/C=C\C/C=C\C/C=C\CC. The van der Waals surface area contributed by atoms with Gasteiger partial charge in [0.25, 0.3) is 0 Å². The van der Waals surface area contributed by atoms with Gasteiger partial charge in [-0.1, -0.05) is 189 Å². The molecule has 1 saturated heterocycles. The lowest BCUT2D eigenvalue weighted by molar-refractivity contribution is -0.301. The summed E-state index contributed by atoms with van der Waals surface area (Å²) in [5, 5.41) is 31.3. The lowest BCUT2D eigenvalue weighted by Crippen LogP contribution is -2.61. The summed E-state index contributed by atoms with van der Waals surface area (Å²) in [5.41, 5.74) is 0. The molecule has 1 heterocycles. The van der Waals surface area contributed by atoms with Gasteiger partial charge in [0.2, 0.25) is 0 Å². The van der Waals surface area contributed by atoms with Crippen molar-refractivity contribution in [2.24, 2.45) is 0 Å². The van der Waals surface area contributed by atoms with Crippen LogP contribution >= 0.6 is 0 Å². The molecule has 1 rings (SSSR count). The van der Waals surface area contributed by atoms with Crippen LogP contribution in [0.4, 0.5) is 0 Å². The van der Waals surface area contributed by atoms with Crippen LogP contribution in [0, 0.1) is 0 Å². The highest BCUT2D eigenvalue weighted by atomic mass is 16.7. The van der Waals surface area contributed by atoms with Crippen molar-refractivity contribution in [2.75, 3.05) is 13.2 Å². The van der Waals surface area contributed by atoms with Crippen LogP contribution in [-0.2, 0) is 42.9 Å². The van der Waals surface area contributed by atoms with Crippen molar-refractivity contribution in [2.45, 2.75) is 225 Å². The van der Waals surface area contributed by atoms with E-state index in [1.165, 1.54) is 38.5 Å². The minimum Gasteiger partial charge on any atom is -0.479 e. The summed E-state index contributed by atoms with van der Waals surface area (Å²) < 4.78 is 28.1. The maximum Gasteiger partial charge on any atom is 0.335 e. The second kappa shape index (κ2) is 44.8. The first kappa shape index (κ1) is 62.7. The van der Waals surface area contributed by atoms with Crippen molar-refractivity contribution >= 4 is 23.9 Å². The zero-order valence-corrected chi connectivity index (χ0v) is 42.5. The zero-order chi connectivity index (χ0) is 50.4. The molecule has 1 aliphatic heterocycles. The second-order valence-corrected chi connectivity index (χ2v) is 17.4. The van der Waals surface area contributed by atoms with Crippen LogP contribution in [0.1, 0.15) is 188 Å². The molecule has 6 unspecified atom stereocenters. The smallest absolute Gasteiger partial charge is 0.335 e. The molecule has 1 fully saturated rings. The molecular weight excluding hydrogens is 877 g/mol. The number of rotatable bonds is 42. The molecule has 6 atom stereocenters. The van der Waals surface area contributed by atoms with E-state index in [0.29, 0.717) is 19.3 Å². The van der Waals surface area contributed by atoms with E-state index in [4.69, 9.17) is 23.7 Å². The van der Waals surface area contributed by atoms with Gasteiger partial charge in [-0.25, -0.2) is 4.79 Å². The fraction of sp³-hybridized carbons (Fsp3) is 0.649. The highest BCUT2D eigenvalue weighted by Crippen LogP contribution is 2.26. The Morgan fingerprint density at radius 3 is 1.46 bits per heavy atom. The molecule has 0 saturated carbocycles. The van der Waals surface area contributed by atoms with Gasteiger partial charge in [0.15, 0.2) is 24.6 Å². The van der Waals surface area contributed by atoms with E-state index in [0.717, 1.165) is 89.9 Å². The van der Waals surface area contributed by atoms with E-state index >= 15 is 0 Å². The summed E-state index contributed by atoms with van der Waals surface area (Å²) in [7, 11) is 0. The summed E-state index contributed by atoms with van der Waals surface area (Å²) in [6.07, 6.45) is 45.7. The predicted octanol–water partition coefficient (Wildman–Crippen LogP) is 12.6. The highest BCUT2D eigenvalue weighted by Gasteiger charge is 2.50. The highest BCUT2D eigenvalue weighted by molar-refractivity contribution is 5.74. The number of aliphatic hydroxyl groups is 2. The van der Waals surface area contributed by atoms with E-state index in [2.05, 4.69) is 99.8 Å². The van der Waals surface area contributed by atoms with Gasteiger partial charge in [0, 0.05) is 12.8 Å². The summed E-state index contributed by atoms with van der Waals surface area (Å²) in [5.74, 6) is -3.34. The number of esters is 3. The number of hydrogen-bond acceptors (Lipinski definition) is 11. The number of carboxylic acids is 1. The van der Waals surface area contributed by atoms with Crippen LogP contribution in [0.3, 0.4) is 0 Å². The number of carbonyl (C=O) groups is 4. The predicted molar refractivity (Wildman–Crippen MR) is 275 cm³/mol. The molecule has 12 nitrogen and oxygen atoms in total. The van der Waals surface area contributed by atoms with Crippen LogP contribution in [0.5, 0.6) is 0 Å². The van der Waals surface area contributed by atoms with E-state index in [-0.39, 0.29) is 25.9 Å². The van der Waals surface area contributed by atoms with Crippen molar-refractivity contribution in [1.82, 2.24) is 0 Å². The van der Waals surface area contributed by atoms with Gasteiger partial charge in [0.05, 0.1) is 13.0 Å². The first-order chi connectivity index (χ1) is 33.6. The zero-order valence-electron chi connectivity index (χ0n) is 42.5. The third-order valence-electron chi connectivity index (χ3n) is 11.2. The number of carboxylic acid groups (broad SMARTS) is 1. The summed E-state index contributed by atoms with van der Waals surface area (Å²) in [6, 6.07) is 0. The number of unbranched alkanes of at least 4 members (excludes halogenated alkanes) is 13. The molecule has 0 spiro atoms. The van der Waals surface area contributed by atoms with Gasteiger partial charge in [-0.3, -0.25) is 14.4 Å². The number of hydrogen-bond donors (Lipinski definition) is 3. The maximum absolute atomic E-state index is 13.0. The number of allylic oxidation sites excluding steroid dienone is 15. The van der Waals surface area contributed by atoms with Crippen LogP contribution in [0.2, 0.25) is 0 Å². The largest absolute Gasteiger partial charge is 0.479 e. The quantitative estimate of drug-likeness (QED) is 0.0229. The Morgan fingerprint density at radius 1 is 0.507 bits per heavy atom. The maximum atomic E-state index is 13.0. The molecule has 0 bridgehead atoms. The van der Waals surface area contributed by atoms with Gasteiger partial charge >= 0.3 is 23.9 Å². The Bertz CT molecular complexity index is 1570. The van der Waals surface area contributed by atoms with Gasteiger partial charge in [-0.2, -0.15) is 0 Å². The van der Waals surface area contributed by atoms with Crippen LogP contribution in [-0.4, -0.2) is 89.2 Å². The summed E-state index contributed by atoms with van der Waals surface area (Å²) >= 11 is 0. The fourth-order valence-corrected chi connectivity index (χ4v) is 7.22. The Labute approximate surface area is 415 Å². The number of carbonyl (C=O) groups excluding carboxylic acids is 3. The molecule has 1 aliphatic rings.